The largest absolute Gasteiger partial charge is 0.316 e. The van der Waals surface area contributed by atoms with E-state index in [4.69, 9.17) is 0 Å². The maximum Gasteiger partial charge on any atom is 0.132 e. The monoisotopic (exact) mass is 267 g/mol. The molecule has 2 unspecified atom stereocenters. The molecular formula is C16H23F2N. The van der Waals surface area contributed by atoms with Gasteiger partial charge >= 0.3 is 0 Å². The number of benzene rings is 1. The Kier molecular flexibility index (Phi) is 4.56. The minimum absolute atomic E-state index is 0.0413. The van der Waals surface area contributed by atoms with Gasteiger partial charge in [-0.1, -0.05) is 19.9 Å². The molecule has 106 valence electrons. The molecule has 0 aromatic heterocycles. The van der Waals surface area contributed by atoms with Crippen LogP contribution in [0.25, 0.3) is 0 Å². The molecule has 0 spiro atoms. The van der Waals surface area contributed by atoms with Crippen LogP contribution in [0.3, 0.4) is 0 Å². The molecule has 1 aliphatic rings. The Morgan fingerprint density at radius 2 is 2.00 bits per heavy atom. The number of rotatable bonds is 5. The lowest BCUT2D eigenvalue weighted by Crippen LogP contribution is -2.36. The third-order valence-corrected chi connectivity index (χ3v) is 4.07. The van der Waals surface area contributed by atoms with Gasteiger partial charge in [0, 0.05) is 5.56 Å². The highest BCUT2D eigenvalue weighted by Gasteiger charge is 2.35. The summed E-state index contributed by atoms with van der Waals surface area (Å²) in [5.41, 5.74) is 0.847. The van der Waals surface area contributed by atoms with Gasteiger partial charge in [0.15, 0.2) is 0 Å². The zero-order valence-electron chi connectivity index (χ0n) is 12.0. The molecule has 0 saturated heterocycles. The molecule has 1 fully saturated rings. The molecule has 2 atom stereocenters. The first-order valence-corrected chi connectivity index (χ1v) is 7.16. The topological polar surface area (TPSA) is 12.0 Å². The lowest BCUT2D eigenvalue weighted by molar-refractivity contribution is 0.232. The summed E-state index contributed by atoms with van der Waals surface area (Å²) in [5, 5.41) is 3.40. The molecule has 1 aromatic rings. The summed E-state index contributed by atoms with van der Waals surface area (Å²) in [6.45, 7) is 7.83. The molecule has 3 heteroatoms. The number of hydrogen-bond donors (Lipinski definition) is 1. The third-order valence-electron chi connectivity index (χ3n) is 4.07. The molecule has 1 nitrogen and oxygen atoms in total. The quantitative estimate of drug-likeness (QED) is 0.850. The van der Waals surface area contributed by atoms with Crippen molar-refractivity contribution in [3.8, 4) is 0 Å². The highest BCUT2D eigenvalue weighted by atomic mass is 19.1. The van der Waals surface area contributed by atoms with E-state index < -0.39 is 0 Å². The summed E-state index contributed by atoms with van der Waals surface area (Å²) in [4.78, 5) is 0. The molecule has 1 N–H and O–H groups in total. The Labute approximate surface area is 114 Å². The van der Waals surface area contributed by atoms with Crippen molar-refractivity contribution < 1.29 is 8.78 Å². The number of hydrogen-bond acceptors (Lipinski definition) is 1. The van der Waals surface area contributed by atoms with Crippen LogP contribution >= 0.6 is 0 Å². The zero-order valence-corrected chi connectivity index (χ0v) is 12.0. The first-order chi connectivity index (χ1) is 9.00. The lowest BCUT2D eigenvalue weighted by atomic mass is 9.69. The van der Waals surface area contributed by atoms with Crippen LogP contribution in [0.4, 0.5) is 8.78 Å². The van der Waals surface area contributed by atoms with E-state index in [-0.39, 0.29) is 17.6 Å². The molecule has 0 aliphatic heterocycles. The zero-order chi connectivity index (χ0) is 14.0. The van der Waals surface area contributed by atoms with Gasteiger partial charge in [-0.2, -0.15) is 0 Å². The SMILES string of the molecule is Cc1ccc(F)c(C2CCC2CNCC(C)C)c1F. The van der Waals surface area contributed by atoms with E-state index in [2.05, 4.69) is 19.2 Å². The molecule has 0 radical (unpaired) electrons. The molecular weight excluding hydrogens is 244 g/mol. The van der Waals surface area contributed by atoms with Gasteiger partial charge in [0.1, 0.15) is 11.6 Å². The minimum atomic E-state index is -0.387. The fraction of sp³-hybridized carbons (Fsp3) is 0.625. The van der Waals surface area contributed by atoms with Gasteiger partial charge in [0.05, 0.1) is 0 Å². The van der Waals surface area contributed by atoms with Crippen LogP contribution in [0.15, 0.2) is 12.1 Å². The van der Waals surface area contributed by atoms with Crippen molar-refractivity contribution in [2.45, 2.75) is 39.5 Å². The fourth-order valence-corrected chi connectivity index (χ4v) is 2.77. The van der Waals surface area contributed by atoms with Crippen molar-refractivity contribution in [1.29, 1.82) is 0 Å². The number of halogens is 2. The summed E-state index contributed by atoms with van der Waals surface area (Å²) in [6, 6.07) is 2.91. The van der Waals surface area contributed by atoms with Crippen LogP contribution in [-0.4, -0.2) is 13.1 Å². The van der Waals surface area contributed by atoms with Crippen molar-refractivity contribution in [1.82, 2.24) is 5.32 Å². The summed E-state index contributed by atoms with van der Waals surface area (Å²) >= 11 is 0. The van der Waals surface area contributed by atoms with Crippen LogP contribution in [0.5, 0.6) is 0 Å². The highest BCUT2D eigenvalue weighted by Crippen LogP contribution is 2.44. The van der Waals surface area contributed by atoms with Gasteiger partial charge in [-0.15, -0.1) is 0 Å². The smallest absolute Gasteiger partial charge is 0.132 e. The Hall–Kier alpha value is -0.960. The van der Waals surface area contributed by atoms with Crippen LogP contribution in [-0.2, 0) is 0 Å². The van der Waals surface area contributed by atoms with E-state index in [1.807, 2.05) is 0 Å². The Bertz CT molecular complexity index is 443. The van der Waals surface area contributed by atoms with Crippen molar-refractivity contribution in [2.75, 3.05) is 13.1 Å². The first-order valence-electron chi connectivity index (χ1n) is 7.16. The second kappa shape index (κ2) is 6.00. The van der Waals surface area contributed by atoms with Gasteiger partial charge in [-0.3, -0.25) is 0 Å². The van der Waals surface area contributed by atoms with Gasteiger partial charge < -0.3 is 5.32 Å². The third kappa shape index (κ3) is 3.14. The van der Waals surface area contributed by atoms with Crippen molar-refractivity contribution >= 4 is 0 Å². The van der Waals surface area contributed by atoms with Crippen LogP contribution in [0, 0.1) is 30.4 Å². The van der Waals surface area contributed by atoms with Gasteiger partial charge in [-0.25, -0.2) is 8.78 Å². The van der Waals surface area contributed by atoms with Gasteiger partial charge in [-0.05, 0) is 62.2 Å². The molecule has 1 saturated carbocycles. The highest BCUT2D eigenvalue weighted by molar-refractivity contribution is 5.31. The number of aryl methyl sites for hydroxylation is 1. The standard InChI is InChI=1S/C16H23F2N/c1-10(2)8-19-9-12-5-6-13(12)15-14(17)7-4-11(3)16(15)18/h4,7,10,12-13,19H,5-6,8-9H2,1-3H3. The van der Waals surface area contributed by atoms with Crippen molar-refractivity contribution in [3.05, 3.63) is 34.9 Å². The second-order valence-electron chi connectivity index (χ2n) is 6.09. The average molecular weight is 267 g/mol. The predicted molar refractivity (Wildman–Crippen MR) is 74.3 cm³/mol. The van der Waals surface area contributed by atoms with E-state index in [0.29, 0.717) is 23.0 Å². The Morgan fingerprint density at radius 3 is 2.58 bits per heavy atom. The van der Waals surface area contributed by atoms with Crippen molar-refractivity contribution in [3.63, 3.8) is 0 Å². The second-order valence-corrected chi connectivity index (χ2v) is 6.09. The summed E-state index contributed by atoms with van der Waals surface area (Å²) in [7, 11) is 0. The number of nitrogens with one attached hydrogen (secondary N) is 1. The van der Waals surface area contributed by atoms with E-state index in [1.54, 1.807) is 6.92 Å². The lowest BCUT2D eigenvalue weighted by Gasteiger charge is -2.38. The van der Waals surface area contributed by atoms with E-state index in [1.165, 1.54) is 12.1 Å². The molecule has 1 aliphatic carbocycles. The maximum atomic E-state index is 14.1. The van der Waals surface area contributed by atoms with Gasteiger partial charge in [0.2, 0.25) is 0 Å². The predicted octanol–water partition coefficient (Wildman–Crippen LogP) is 4.01. The maximum absolute atomic E-state index is 14.1. The summed E-state index contributed by atoms with van der Waals surface area (Å²) in [6.07, 6.45) is 1.95. The molecule has 1 aromatic carbocycles. The first kappa shape index (κ1) is 14.4. The van der Waals surface area contributed by atoms with Crippen LogP contribution < -0.4 is 5.32 Å². The Morgan fingerprint density at radius 1 is 1.26 bits per heavy atom. The molecule has 2 rings (SSSR count). The van der Waals surface area contributed by atoms with E-state index >= 15 is 0 Å². The van der Waals surface area contributed by atoms with Crippen molar-refractivity contribution in [2.24, 2.45) is 11.8 Å². The molecule has 0 heterocycles. The molecule has 0 amide bonds. The Balaban J connectivity index is 2.04. The molecule has 0 bridgehead atoms. The van der Waals surface area contributed by atoms with E-state index in [9.17, 15) is 8.78 Å². The van der Waals surface area contributed by atoms with Gasteiger partial charge in [0.25, 0.3) is 0 Å². The fourth-order valence-electron chi connectivity index (χ4n) is 2.77. The average Bonchev–Trinajstić information content (AvgIpc) is 2.33. The summed E-state index contributed by atoms with van der Waals surface area (Å²) in [5.74, 6) is 0.273. The molecule has 19 heavy (non-hydrogen) atoms. The van der Waals surface area contributed by atoms with Crippen LogP contribution in [0.1, 0.15) is 43.7 Å². The van der Waals surface area contributed by atoms with E-state index in [0.717, 1.165) is 25.9 Å². The minimum Gasteiger partial charge on any atom is -0.316 e. The normalized spacial score (nSPS) is 22.6. The van der Waals surface area contributed by atoms with Crippen LogP contribution in [0.2, 0.25) is 0 Å². The summed E-state index contributed by atoms with van der Waals surface area (Å²) < 4.78 is 28.0.